The van der Waals surface area contributed by atoms with Crippen LogP contribution in [-0.4, -0.2) is 64.5 Å². The van der Waals surface area contributed by atoms with E-state index in [0.717, 1.165) is 17.1 Å². The van der Waals surface area contributed by atoms with Crippen LogP contribution in [0.25, 0.3) is 0 Å². The Morgan fingerprint density at radius 1 is 0.968 bits per heavy atom. The summed E-state index contributed by atoms with van der Waals surface area (Å²) >= 11 is 0. The summed E-state index contributed by atoms with van der Waals surface area (Å²) < 4.78 is 21.4. The quantitative estimate of drug-likeness (QED) is 0.442. The highest BCUT2D eigenvalue weighted by Gasteiger charge is 2.16. The highest BCUT2D eigenvalue weighted by molar-refractivity contribution is 5.79. The molecule has 0 aromatic heterocycles. The number of nitrogens with zero attached hydrogens (tertiary/aromatic N) is 2. The molecule has 2 rings (SSSR count). The van der Waals surface area contributed by atoms with Crippen LogP contribution in [0.2, 0.25) is 0 Å². The monoisotopic (exact) mass is 431 g/mol. The highest BCUT2D eigenvalue weighted by Crippen LogP contribution is 2.30. The van der Waals surface area contributed by atoms with Gasteiger partial charge in [-0.25, -0.2) is 0 Å². The van der Waals surface area contributed by atoms with Crippen molar-refractivity contribution in [3.05, 3.63) is 47.5 Å². The maximum Gasteiger partial charge on any atom is 0.194 e. The number of benzene rings is 2. The Bertz CT molecular complexity index is 872. The Morgan fingerprint density at radius 3 is 2.23 bits per heavy atom. The fraction of sp³-hybridized carbons (Fsp3) is 0.435. The predicted molar refractivity (Wildman–Crippen MR) is 121 cm³/mol. The third-order valence-corrected chi connectivity index (χ3v) is 4.81. The SMILES string of the molecule is CCNC(=NCC(O)c1cc(OC)ccc1OC)N(C)Cc1ccc(OC)cc1OC. The van der Waals surface area contributed by atoms with Crippen LogP contribution in [0.4, 0.5) is 0 Å². The Hall–Kier alpha value is -3.13. The lowest BCUT2D eigenvalue weighted by molar-refractivity contribution is 0.181. The number of hydrogen-bond acceptors (Lipinski definition) is 6. The lowest BCUT2D eigenvalue weighted by Gasteiger charge is -2.24. The summed E-state index contributed by atoms with van der Waals surface area (Å²) in [5, 5.41) is 14.0. The fourth-order valence-corrected chi connectivity index (χ4v) is 3.15. The molecule has 0 aliphatic carbocycles. The van der Waals surface area contributed by atoms with Crippen molar-refractivity contribution in [3.8, 4) is 23.0 Å². The van der Waals surface area contributed by atoms with Crippen LogP contribution in [0.1, 0.15) is 24.2 Å². The summed E-state index contributed by atoms with van der Waals surface area (Å²) in [7, 11) is 8.35. The van der Waals surface area contributed by atoms with Gasteiger partial charge in [0.15, 0.2) is 5.96 Å². The van der Waals surface area contributed by atoms with Gasteiger partial charge >= 0.3 is 0 Å². The van der Waals surface area contributed by atoms with E-state index in [1.165, 1.54) is 0 Å². The average Bonchev–Trinajstić information content (AvgIpc) is 2.81. The van der Waals surface area contributed by atoms with Crippen molar-refractivity contribution in [1.82, 2.24) is 10.2 Å². The summed E-state index contributed by atoms with van der Waals surface area (Å²) in [6.45, 7) is 3.42. The maximum absolute atomic E-state index is 10.8. The molecule has 0 aliphatic heterocycles. The lowest BCUT2D eigenvalue weighted by atomic mass is 10.1. The van der Waals surface area contributed by atoms with E-state index < -0.39 is 6.10 Å². The minimum absolute atomic E-state index is 0.163. The number of aliphatic hydroxyl groups excluding tert-OH is 1. The van der Waals surface area contributed by atoms with Gasteiger partial charge in [0.05, 0.1) is 35.0 Å². The molecule has 0 heterocycles. The molecule has 8 nitrogen and oxygen atoms in total. The second kappa shape index (κ2) is 11.9. The number of hydrogen-bond donors (Lipinski definition) is 2. The third-order valence-electron chi connectivity index (χ3n) is 4.81. The van der Waals surface area contributed by atoms with Gasteiger partial charge in [0.25, 0.3) is 0 Å². The summed E-state index contributed by atoms with van der Waals surface area (Å²) in [5.74, 6) is 3.38. The molecule has 0 aliphatic rings. The molecule has 0 saturated heterocycles. The smallest absolute Gasteiger partial charge is 0.194 e. The molecule has 170 valence electrons. The Labute approximate surface area is 184 Å². The summed E-state index contributed by atoms with van der Waals surface area (Å²) in [5.41, 5.74) is 1.62. The highest BCUT2D eigenvalue weighted by atomic mass is 16.5. The number of aliphatic hydroxyl groups is 1. The summed E-state index contributed by atoms with van der Waals surface area (Å²) in [4.78, 5) is 6.60. The molecule has 0 radical (unpaired) electrons. The zero-order valence-corrected chi connectivity index (χ0v) is 19.1. The van der Waals surface area contributed by atoms with Crippen molar-refractivity contribution < 1.29 is 24.1 Å². The first-order valence-corrected chi connectivity index (χ1v) is 10.1. The van der Waals surface area contributed by atoms with E-state index >= 15 is 0 Å². The molecule has 0 fully saturated rings. The minimum atomic E-state index is -0.845. The van der Waals surface area contributed by atoms with Gasteiger partial charge in [-0.3, -0.25) is 4.99 Å². The Kier molecular flexibility index (Phi) is 9.27. The van der Waals surface area contributed by atoms with Gasteiger partial charge in [-0.2, -0.15) is 0 Å². The van der Waals surface area contributed by atoms with E-state index in [9.17, 15) is 5.11 Å². The third kappa shape index (κ3) is 6.42. The zero-order chi connectivity index (χ0) is 22.8. The molecule has 31 heavy (non-hydrogen) atoms. The number of nitrogens with one attached hydrogen (secondary N) is 1. The van der Waals surface area contributed by atoms with E-state index in [0.29, 0.717) is 36.1 Å². The molecular weight excluding hydrogens is 398 g/mol. The number of ether oxygens (including phenoxy) is 4. The number of aliphatic imine (C=N–C) groups is 1. The van der Waals surface area contributed by atoms with Crippen molar-refractivity contribution in [2.45, 2.75) is 19.6 Å². The summed E-state index contributed by atoms with van der Waals surface area (Å²) in [6, 6.07) is 11.0. The average molecular weight is 432 g/mol. The molecule has 8 heteroatoms. The van der Waals surface area contributed by atoms with Crippen molar-refractivity contribution in [3.63, 3.8) is 0 Å². The molecular formula is C23H33N3O5. The fourth-order valence-electron chi connectivity index (χ4n) is 3.15. The van der Waals surface area contributed by atoms with Crippen molar-refractivity contribution in [1.29, 1.82) is 0 Å². The van der Waals surface area contributed by atoms with Crippen LogP contribution in [-0.2, 0) is 6.54 Å². The second-order valence-electron chi connectivity index (χ2n) is 6.85. The van der Waals surface area contributed by atoms with Crippen molar-refractivity contribution >= 4 is 5.96 Å². The zero-order valence-electron chi connectivity index (χ0n) is 19.1. The first-order valence-electron chi connectivity index (χ1n) is 10.1. The standard InChI is InChI=1S/C23H33N3O5/c1-7-24-23(26(2)15-16-8-9-18(29-4)13-22(16)31-6)25-14-20(27)19-12-17(28-3)10-11-21(19)30-5/h8-13,20,27H,7,14-15H2,1-6H3,(H,24,25). The van der Waals surface area contributed by atoms with Crippen LogP contribution in [0.15, 0.2) is 41.4 Å². The lowest BCUT2D eigenvalue weighted by Crippen LogP contribution is -2.38. The van der Waals surface area contributed by atoms with Gasteiger partial charge in [-0.15, -0.1) is 0 Å². The van der Waals surface area contributed by atoms with Crippen molar-refractivity contribution in [2.24, 2.45) is 4.99 Å². The van der Waals surface area contributed by atoms with Gasteiger partial charge in [0.1, 0.15) is 29.1 Å². The first-order chi connectivity index (χ1) is 15.0. The van der Waals surface area contributed by atoms with Gasteiger partial charge in [-0.05, 0) is 37.3 Å². The molecule has 2 N–H and O–H groups in total. The molecule has 0 spiro atoms. The van der Waals surface area contributed by atoms with E-state index in [-0.39, 0.29) is 6.54 Å². The maximum atomic E-state index is 10.8. The van der Waals surface area contributed by atoms with Gasteiger partial charge < -0.3 is 34.3 Å². The van der Waals surface area contributed by atoms with E-state index in [1.54, 1.807) is 46.6 Å². The second-order valence-corrected chi connectivity index (χ2v) is 6.85. The van der Waals surface area contributed by atoms with E-state index in [1.807, 2.05) is 37.1 Å². The molecule has 2 aromatic rings. The van der Waals surface area contributed by atoms with Gasteiger partial charge in [-0.1, -0.05) is 0 Å². The van der Waals surface area contributed by atoms with Crippen LogP contribution in [0, 0.1) is 0 Å². The summed E-state index contributed by atoms with van der Waals surface area (Å²) in [6.07, 6.45) is -0.845. The topological polar surface area (TPSA) is 84.8 Å². The van der Waals surface area contributed by atoms with Crippen LogP contribution >= 0.6 is 0 Å². The van der Waals surface area contributed by atoms with Gasteiger partial charge in [0, 0.05) is 37.3 Å². The Balaban J connectivity index is 2.19. The molecule has 0 bridgehead atoms. The van der Waals surface area contributed by atoms with Crippen LogP contribution < -0.4 is 24.3 Å². The molecule has 0 saturated carbocycles. The number of methoxy groups -OCH3 is 4. The van der Waals surface area contributed by atoms with Gasteiger partial charge in [0.2, 0.25) is 0 Å². The molecule has 0 amide bonds. The Morgan fingerprint density at radius 2 is 1.61 bits per heavy atom. The van der Waals surface area contributed by atoms with E-state index in [2.05, 4.69) is 10.3 Å². The van der Waals surface area contributed by atoms with E-state index in [4.69, 9.17) is 18.9 Å². The first kappa shape index (κ1) is 24.1. The number of rotatable bonds is 10. The molecule has 1 unspecified atom stereocenters. The van der Waals surface area contributed by atoms with Crippen molar-refractivity contribution in [2.75, 3.05) is 48.6 Å². The largest absolute Gasteiger partial charge is 0.497 e. The normalized spacial score (nSPS) is 12.2. The minimum Gasteiger partial charge on any atom is -0.497 e. The predicted octanol–water partition coefficient (Wildman–Crippen LogP) is 2.85. The van der Waals surface area contributed by atoms with Crippen LogP contribution in [0.5, 0.6) is 23.0 Å². The molecule has 2 aromatic carbocycles. The number of guanidine groups is 1. The van der Waals surface area contributed by atoms with Crippen LogP contribution in [0.3, 0.4) is 0 Å². The molecule has 1 atom stereocenters.